The van der Waals surface area contributed by atoms with Crippen LogP contribution in [0.25, 0.3) is 11.3 Å². The molecule has 0 spiro atoms. The standard InChI is InChI=1S/C12H7NO3/c13-7-8-3-4-9(10(6-8)12(14)15)11-2-1-5-16-11/h1-6H,(H,14,15). The fraction of sp³-hybridized carbons (Fsp3) is 0. The summed E-state index contributed by atoms with van der Waals surface area (Å²) < 4.78 is 5.14. The van der Waals surface area contributed by atoms with Crippen molar-refractivity contribution in [3.8, 4) is 17.4 Å². The predicted molar refractivity (Wildman–Crippen MR) is 55.8 cm³/mol. The van der Waals surface area contributed by atoms with E-state index >= 15 is 0 Å². The number of aromatic carboxylic acids is 1. The zero-order valence-electron chi connectivity index (χ0n) is 8.18. The number of carboxylic acid groups (broad SMARTS) is 1. The molecule has 1 aromatic heterocycles. The maximum absolute atomic E-state index is 11.0. The Hall–Kier alpha value is -2.54. The summed E-state index contributed by atoms with van der Waals surface area (Å²) in [5.74, 6) is -0.606. The molecule has 0 aliphatic carbocycles. The van der Waals surface area contributed by atoms with E-state index in [2.05, 4.69) is 0 Å². The van der Waals surface area contributed by atoms with Gasteiger partial charge in [0.05, 0.1) is 23.5 Å². The predicted octanol–water partition coefficient (Wildman–Crippen LogP) is 2.52. The molecule has 0 unspecified atom stereocenters. The minimum absolute atomic E-state index is 0.0639. The second-order valence-corrected chi connectivity index (χ2v) is 3.15. The van der Waals surface area contributed by atoms with E-state index in [1.807, 2.05) is 6.07 Å². The number of hydrogen-bond acceptors (Lipinski definition) is 3. The van der Waals surface area contributed by atoms with E-state index in [4.69, 9.17) is 14.8 Å². The van der Waals surface area contributed by atoms with E-state index < -0.39 is 5.97 Å². The van der Waals surface area contributed by atoms with Crippen LogP contribution < -0.4 is 0 Å². The number of furan rings is 1. The second-order valence-electron chi connectivity index (χ2n) is 3.15. The van der Waals surface area contributed by atoms with Crippen molar-refractivity contribution in [2.75, 3.05) is 0 Å². The van der Waals surface area contributed by atoms with Gasteiger partial charge in [-0.2, -0.15) is 5.26 Å². The first-order valence-corrected chi connectivity index (χ1v) is 4.53. The van der Waals surface area contributed by atoms with E-state index in [9.17, 15) is 4.79 Å². The van der Waals surface area contributed by atoms with Crippen molar-refractivity contribution in [2.24, 2.45) is 0 Å². The number of nitrogens with zero attached hydrogens (tertiary/aromatic N) is 1. The van der Waals surface area contributed by atoms with E-state index in [-0.39, 0.29) is 5.56 Å². The normalized spacial score (nSPS) is 9.69. The topological polar surface area (TPSA) is 74.2 Å². The Labute approximate surface area is 91.4 Å². The highest BCUT2D eigenvalue weighted by Crippen LogP contribution is 2.25. The molecule has 0 atom stereocenters. The van der Waals surface area contributed by atoms with Crippen molar-refractivity contribution in [3.05, 3.63) is 47.7 Å². The zero-order chi connectivity index (χ0) is 11.5. The molecule has 0 amide bonds. The molecule has 2 rings (SSSR count). The van der Waals surface area contributed by atoms with Crippen molar-refractivity contribution < 1.29 is 14.3 Å². The first kappa shape index (κ1) is 9.99. The summed E-state index contributed by atoms with van der Waals surface area (Å²) in [7, 11) is 0. The number of hydrogen-bond donors (Lipinski definition) is 1. The van der Waals surface area contributed by atoms with Crippen LogP contribution in [-0.4, -0.2) is 11.1 Å². The highest BCUT2D eigenvalue weighted by molar-refractivity contribution is 5.95. The monoisotopic (exact) mass is 213 g/mol. The van der Waals surface area contributed by atoms with Crippen LogP contribution in [0, 0.1) is 11.3 Å². The van der Waals surface area contributed by atoms with E-state index in [1.165, 1.54) is 12.3 Å². The van der Waals surface area contributed by atoms with Crippen LogP contribution in [0.5, 0.6) is 0 Å². The number of rotatable bonds is 2. The molecule has 0 radical (unpaired) electrons. The number of nitriles is 1. The summed E-state index contributed by atoms with van der Waals surface area (Å²) in [6.07, 6.45) is 1.47. The van der Waals surface area contributed by atoms with Crippen molar-refractivity contribution in [2.45, 2.75) is 0 Å². The zero-order valence-corrected chi connectivity index (χ0v) is 8.18. The summed E-state index contributed by atoms with van der Waals surface area (Å²) >= 11 is 0. The molecule has 0 saturated carbocycles. The summed E-state index contributed by atoms with van der Waals surface area (Å²) in [6.45, 7) is 0. The van der Waals surface area contributed by atoms with Gasteiger partial charge in [0.25, 0.3) is 0 Å². The third kappa shape index (κ3) is 1.66. The van der Waals surface area contributed by atoms with Crippen LogP contribution in [-0.2, 0) is 0 Å². The van der Waals surface area contributed by atoms with Gasteiger partial charge in [0.1, 0.15) is 5.76 Å². The fourth-order valence-electron chi connectivity index (χ4n) is 1.44. The quantitative estimate of drug-likeness (QED) is 0.831. The summed E-state index contributed by atoms with van der Waals surface area (Å²) in [4.78, 5) is 11.0. The summed E-state index contributed by atoms with van der Waals surface area (Å²) in [5.41, 5.74) is 0.846. The number of carbonyl (C=O) groups is 1. The third-order valence-electron chi connectivity index (χ3n) is 2.17. The molecule has 16 heavy (non-hydrogen) atoms. The number of benzene rings is 1. The van der Waals surface area contributed by atoms with Gasteiger partial charge in [-0.05, 0) is 30.3 Å². The van der Waals surface area contributed by atoms with E-state index in [1.54, 1.807) is 24.3 Å². The molecule has 4 heteroatoms. The highest BCUT2D eigenvalue weighted by Gasteiger charge is 2.14. The lowest BCUT2D eigenvalue weighted by atomic mass is 10.0. The molecule has 1 aromatic carbocycles. The highest BCUT2D eigenvalue weighted by atomic mass is 16.4. The second kappa shape index (κ2) is 3.91. The molecule has 0 fully saturated rings. The van der Waals surface area contributed by atoms with Crippen LogP contribution in [0.2, 0.25) is 0 Å². The Bertz CT molecular complexity index is 564. The van der Waals surface area contributed by atoms with Gasteiger partial charge in [-0.15, -0.1) is 0 Å². The lowest BCUT2D eigenvalue weighted by Gasteiger charge is -2.02. The Kier molecular flexibility index (Phi) is 2.44. The Balaban J connectivity index is 2.63. The van der Waals surface area contributed by atoms with Gasteiger partial charge >= 0.3 is 5.97 Å². The first-order valence-electron chi connectivity index (χ1n) is 4.53. The SMILES string of the molecule is N#Cc1ccc(-c2ccco2)c(C(=O)O)c1. The molecular formula is C12H7NO3. The summed E-state index contributed by atoms with van der Waals surface area (Å²) in [6, 6.07) is 9.72. The van der Waals surface area contributed by atoms with Crippen molar-refractivity contribution >= 4 is 5.97 Å². The van der Waals surface area contributed by atoms with Gasteiger partial charge in [0.2, 0.25) is 0 Å². The van der Waals surface area contributed by atoms with Gasteiger partial charge in [0.15, 0.2) is 0 Å². The smallest absolute Gasteiger partial charge is 0.336 e. The van der Waals surface area contributed by atoms with E-state index in [0.717, 1.165) is 0 Å². The van der Waals surface area contributed by atoms with Gasteiger partial charge in [-0.25, -0.2) is 4.79 Å². The molecule has 1 N–H and O–H groups in total. The fourth-order valence-corrected chi connectivity index (χ4v) is 1.44. The Morgan fingerprint density at radius 1 is 1.38 bits per heavy atom. The molecule has 4 nitrogen and oxygen atoms in total. The lowest BCUT2D eigenvalue weighted by Crippen LogP contribution is -1.99. The van der Waals surface area contributed by atoms with Crippen LogP contribution in [0.3, 0.4) is 0 Å². The Morgan fingerprint density at radius 3 is 2.75 bits per heavy atom. The maximum Gasteiger partial charge on any atom is 0.336 e. The Morgan fingerprint density at radius 2 is 2.19 bits per heavy atom. The molecule has 0 aliphatic rings. The molecule has 2 aromatic rings. The largest absolute Gasteiger partial charge is 0.478 e. The van der Waals surface area contributed by atoms with Crippen LogP contribution in [0.15, 0.2) is 41.0 Å². The minimum Gasteiger partial charge on any atom is -0.478 e. The van der Waals surface area contributed by atoms with Gasteiger partial charge in [-0.3, -0.25) is 0 Å². The third-order valence-corrected chi connectivity index (χ3v) is 2.17. The summed E-state index contributed by atoms with van der Waals surface area (Å²) in [5, 5.41) is 17.7. The molecular weight excluding hydrogens is 206 g/mol. The molecule has 0 aliphatic heterocycles. The molecule has 0 bridgehead atoms. The average Bonchev–Trinajstić information content (AvgIpc) is 2.81. The molecule has 1 heterocycles. The average molecular weight is 213 g/mol. The van der Waals surface area contributed by atoms with Crippen LogP contribution in [0.1, 0.15) is 15.9 Å². The molecule has 0 saturated heterocycles. The van der Waals surface area contributed by atoms with Gasteiger partial charge in [-0.1, -0.05) is 0 Å². The maximum atomic E-state index is 11.0. The van der Waals surface area contributed by atoms with Crippen molar-refractivity contribution in [3.63, 3.8) is 0 Å². The van der Waals surface area contributed by atoms with E-state index in [0.29, 0.717) is 16.9 Å². The van der Waals surface area contributed by atoms with Gasteiger partial charge in [0, 0.05) is 5.56 Å². The number of carboxylic acids is 1. The first-order chi connectivity index (χ1) is 7.72. The van der Waals surface area contributed by atoms with Crippen molar-refractivity contribution in [1.82, 2.24) is 0 Å². The van der Waals surface area contributed by atoms with Crippen molar-refractivity contribution in [1.29, 1.82) is 5.26 Å². The van der Waals surface area contributed by atoms with Crippen LogP contribution >= 0.6 is 0 Å². The molecule has 78 valence electrons. The lowest BCUT2D eigenvalue weighted by molar-refractivity contribution is 0.0697. The minimum atomic E-state index is -1.08. The van der Waals surface area contributed by atoms with Crippen LogP contribution in [0.4, 0.5) is 0 Å². The van der Waals surface area contributed by atoms with Gasteiger partial charge < -0.3 is 9.52 Å².